The second-order valence-corrected chi connectivity index (χ2v) is 6.20. The van der Waals surface area contributed by atoms with Gasteiger partial charge in [-0.05, 0) is 50.4 Å². The summed E-state index contributed by atoms with van der Waals surface area (Å²) >= 11 is 0. The van der Waals surface area contributed by atoms with E-state index in [1.165, 1.54) is 19.4 Å². The number of hydrogen-bond donors (Lipinski definition) is 1. The molecule has 2 atom stereocenters. The normalized spacial score (nSPS) is 25.6. The number of hydrogen-bond acceptors (Lipinski definition) is 3. The molecule has 4 heteroatoms. The molecule has 0 unspecified atom stereocenters. The molecule has 2 aliphatic rings. The highest BCUT2D eigenvalue weighted by Gasteiger charge is 2.32. The first-order valence-corrected chi connectivity index (χ1v) is 7.85. The van der Waals surface area contributed by atoms with Gasteiger partial charge in [-0.2, -0.15) is 0 Å². The lowest BCUT2D eigenvalue weighted by molar-refractivity contribution is -0.0461. The Kier molecular flexibility index (Phi) is 4.27. The van der Waals surface area contributed by atoms with Crippen LogP contribution in [0.1, 0.15) is 34.3 Å². The van der Waals surface area contributed by atoms with Gasteiger partial charge in [0.1, 0.15) is 0 Å². The minimum atomic E-state index is 0.00310. The maximum absolute atomic E-state index is 12.3. The van der Waals surface area contributed by atoms with Gasteiger partial charge in [0.05, 0.1) is 12.7 Å². The fourth-order valence-electron chi connectivity index (χ4n) is 3.31. The smallest absolute Gasteiger partial charge is 0.251 e. The first-order chi connectivity index (χ1) is 10.1. The molecule has 114 valence electrons. The highest BCUT2D eigenvalue weighted by atomic mass is 16.5. The summed E-state index contributed by atoms with van der Waals surface area (Å²) in [6.07, 6.45) is 2.64. The molecule has 0 aliphatic carbocycles. The number of aryl methyl sites for hydroxylation is 1. The quantitative estimate of drug-likeness (QED) is 0.923. The van der Waals surface area contributed by atoms with E-state index in [2.05, 4.69) is 10.2 Å². The van der Waals surface area contributed by atoms with E-state index in [4.69, 9.17) is 4.74 Å². The average Bonchev–Trinajstić information content (AvgIpc) is 2.95. The highest BCUT2D eigenvalue weighted by molar-refractivity contribution is 5.95. The monoisotopic (exact) mass is 288 g/mol. The Bertz CT molecular complexity index is 530. The molecule has 0 bridgehead atoms. The van der Waals surface area contributed by atoms with Crippen molar-refractivity contribution in [2.24, 2.45) is 0 Å². The van der Waals surface area contributed by atoms with Gasteiger partial charge in [0.15, 0.2) is 0 Å². The molecule has 0 aromatic heterocycles. The Balaban J connectivity index is 1.55. The first kappa shape index (κ1) is 14.5. The zero-order valence-corrected chi connectivity index (χ0v) is 12.9. The van der Waals surface area contributed by atoms with Gasteiger partial charge in [0.2, 0.25) is 0 Å². The lowest BCUT2D eigenvalue weighted by Gasteiger charge is -2.35. The number of ether oxygens (including phenoxy) is 1. The van der Waals surface area contributed by atoms with Gasteiger partial charge in [-0.15, -0.1) is 0 Å². The lowest BCUT2D eigenvalue weighted by Crippen LogP contribution is -2.50. The van der Waals surface area contributed by atoms with Crippen molar-refractivity contribution in [3.63, 3.8) is 0 Å². The van der Waals surface area contributed by atoms with E-state index in [1.54, 1.807) is 0 Å². The van der Waals surface area contributed by atoms with Gasteiger partial charge < -0.3 is 10.1 Å². The van der Waals surface area contributed by atoms with Gasteiger partial charge in [0, 0.05) is 24.7 Å². The van der Waals surface area contributed by atoms with Crippen molar-refractivity contribution in [1.82, 2.24) is 10.2 Å². The van der Waals surface area contributed by atoms with Crippen LogP contribution in [0.4, 0.5) is 0 Å². The molecule has 2 saturated heterocycles. The predicted molar refractivity (Wildman–Crippen MR) is 82.6 cm³/mol. The van der Waals surface area contributed by atoms with E-state index < -0.39 is 0 Å². The second kappa shape index (κ2) is 6.16. The average molecular weight is 288 g/mol. The van der Waals surface area contributed by atoms with E-state index in [9.17, 15) is 4.79 Å². The molecular weight excluding hydrogens is 264 g/mol. The molecule has 2 aliphatic heterocycles. The van der Waals surface area contributed by atoms with Crippen molar-refractivity contribution in [3.8, 4) is 0 Å². The van der Waals surface area contributed by atoms with Gasteiger partial charge >= 0.3 is 0 Å². The summed E-state index contributed by atoms with van der Waals surface area (Å²) in [5, 5.41) is 3.03. The van der Waals surface area contributed by atoms with Gasteiger partial charge in [-0.1, -0.05) is 12.1 Å². The van der Waals surface area contributed by atoms with Crippen LogP contribution in [0.3, 0.4) is 0 Å². The number of nitrogens with zero attached hydrogens (tertiary/aromatic N) is 1. The van der Waals surface area contributed by atoms with E-state index in [0.29, 0.717) is 12.6 Å². The van der Waals surface area contributed by atoms with Crippen LogP contribution in [-0.2, 0) is 4.74 Å². The van der Waals surface area contributed by atoms with Crippen LogP contribution in [0.25, 0.3) is 0 Å². The number of carbonyl (C=O) groups is 1. The number of rotatable bonds is 3. The summed E-state index contributed by atoms with van der Waals surface area (Å²) in [4.78, 5) is 14.8. The first-order valence-electron chi connectivity index (χ1n) is 7.85. The molecule has 21 heavy (non-hydrogen) atoms. The van der Waals surface area contributed by atoms with Crippen molar-refractivity contribution in [1.29, 1.82) is 0 Å². The molecule has 0 radical (unpaired) electrons. The summed E-state index contributed by atoms with van der Waals surface area (Å²) in [6.45, 7) is 7.55. The van der Waals surface area contributed by atoms with Gasteiger partial charge in [-0.3, -0.25) is 9.69 Å². The number of fused-ring (bicyclic) bond motifs is 1. The Morgan fingerprint density at radius 1 is 1.43 bits per heavy atom. The zero-order chi connectivity index (χ0) is 14.8. The molecule has 1 N–H and O–H groups in total. The molecule has 0 saturated carbocycles. The third kappa shape index (κ3) is 3.11. The third-order valence-electron chi connectivity index (χ3n) is 4.80. The third-order valence-corrected chi connectivity index (χ3v) is 4.80. The predicted octanol–water partition coefficient (Wildman–Crippen LogP) is 1.90. The largest absolute Gasteiger partial charge is 0.373 e. The summed E-state index contributed by atoms with van der Waals surface area (Å²) in [5.41, 5.74) is 2.97. The molecule has 3 rings (SSSR count). The maximum atomic E-state index is 12.3. The highest BCUT2D eigenvalue weighted by Crippen LogP contribution is 2.22. The van der Waals surface area contributed by atoms with Crippen LogP contribution in [0, 0.1) is 13.8 Å². The van der Waals surface area contributed by atoms with Crippen molar-refractivity contribution < 1.29 is 9.53 Å². The molecule has 0 spiro atoms. The topological polar surface area (TPSA) is 41.6 Å². The Morgan fingerprint density at radius 3 is 3.14 bits per heavy atom. The maximum Gasteiger partial charge on any atom is 0.251 e. The zero-order valence-electron chi connectivity index (χ0n) is 12.9. The van der Waals surface area contributed by atoms with Crippen LogP contribution in [0.2, 0.25) is 0 Å². The van der Waals surface area contributed by atoms with E-state index in [0.717, 1.165) is 29.8 Å². The van der Waals surface area contributed by atoms with Crippen LogP contribution in [-0.4, -0.2) is 49.2 Å². The molecule has 1 aromatic rings. The van der Waals surface area contributed by atoms with Crippen LogP contribution in [0.5, 0.6) is 0 Å². The van der Waals surface area contributed by atoms with Crippen molar-refractivity contribution in [3.05, 3.63) is 34.9 Å². The Labute approximate surface area is 126 Å². The summed E-state index contributed by atoms with van der Waals surface area (Å²) in [5.74, 6) is 0.00310. The van der Waals surface area contributed by atoms with Crippen LogP contribution in [0.15, 0.2) is 18.2 Å². The van der Waals surface area contributed by atoms with Gasteiger partial charge in [-0.25, -0.2) is 0 Å². The van der Waals surface area contributed by atoms with Gasteiger partial charge in [0.25, 0.3) is 5.91 Å². The molecule has 1 aromatic carbocycles. The van der Waals surface area contributed by atoms with E-state index in [-0.39, 0.29) is 12.0 Å². The van der Waals surface area contributed by atoms with Crippen LogP contribution < -0.4 is 5.32 Å². The van der Waals surface area contributed by atoms with Crippen molar-refractivity contribution in [2.45, 2.75) is 38.8 Å². The van der Waals surface area contributed by atoms with E-state index >= 15 is 0 Å². The molecule has 4 nitrogen and oxygen atoms in total. The minimum Gasteiger partial charge on any atom is -0.373 e. The summed E-state index contributed by atoms with van der Waals surface area (Å²) < 4.78 is 5.88. The standard InChI is InChI=1S/C17H24N2O2/c1-12-5-3-7-16(13(12)2)17(20)18-9-15-10-19-8-4-6-14(19)11-21-15/h3,5,7,14-15H,4,6,8-11H2,1-2H3,(H,18,20)/t14-,15+/m1/s1. The Hall–Kier alpha value is -1.39. The molecule has 2 fully saturated rings. The summed E-state index contributed by atoms with van der Waals surface area (Å²) in [6, 6.07) is 6.46. The SMILES string of the molecule is Cc1cccc(C(=O)NC[C@H]2CN3CCC[C@@H]3CO2)c1C. The van der Waals surface area contributed by atoms with Crippen molar-refractivity contribution >= 4 is 5.91 Å². The Morgan fingerprint density at radius 2 is 2.29 bits per heavy atom. The fraction of sp³-hybridized carbons (Fsp3) is 0.588. The van der Waals surface area contributed by atoms with Crippen molar-refractivity contribution in [2.75, 3.05) is 26.2 Å². The fourth-order valence-corrected chi connectivity index (χ4v) is 3.31. The number of morpholine rings is 1. The number of benzene rings is 1. The molecule has 1 amide bonds. The van der Waals surface area contributed by atoms with Crippen LogP contribution >= 0.6 is 0 Å². The minimum absolute atomic E-state index is 0.00310. The lowest BCUT2D eigenvalue weighted by atomic mass is 10.0. The number of amides is 1. The number of nitrogens with one attached hydrogen (secondary N) is 1. The molecule has 2 heterocycles. The summed E-state index contributed by atoms with van der Waals surface area (Å²) in [7, 11) is 0. The molecular formula is C17H24N2O2. The second-order valence-electron chi connectivity index (χ2n) is 6.20. The van der Waals surface area contributed by atoms with E-state index in [1.807, 2.05) is 32.0 Å². The number of carbonyl (C=O) groups excluding carboxylic acids is 1.